The van der Waals surface area contributed by atoms with Crippen molar-refractivity contribution in [1.29, 1.82) is 5.26 Å². The van der Waals surface area contributed by atoms with Crippen LogP contribution in [0, 0.1) is 28.2 Å². The van der Waals surface area contributed by atoms with Crippen LogP contribution in [0.3, 0.4) is 0 Å². The van der Waals surface area contributed by atoms with Gasteiger partial charge in [-0.25, -0.2) is 0 Å². The lowest BCUT2D eigenvalue weighted by atomic mass is 9.33. The van der Waals surface area contributed by atoms with E-state index < -0.39 is 11.2 Å². The largest absolute Gasteiger partial charge is 0.493 e. The van der Waals surface area contributed by atoms with Gasteiger partial charge < -0.3 is 24.2 Å². The summed E-state index contributed by atoms with van der Waals surface area (Å²) in [6.07, 6.45) is 6.68. The molecule has 6 nitrogen and oxygen atoms in total. The normalized spacial score (nSPS) is 41.6. The fourth-order valence-electron chi connectivity index (χ4n) is 8.91. The minimum Gasteiger partial charge on any atom is -0.493 e. The second-order valence-corrected chi connectivity index (χ2v) is 12.3. The molecule has 4 fully saturated rings. The van der Waals surface area contributed by atoms with Crippen LogP contribution >= 0.6 is 0 Å². The Balaban J connectivity index is 1.66. The predicted octanol–water partition coefficient (Wildman–Crippen LogP) is 3.79. The molecule has 0 amide bonds. The maximum atomic E-state index is 12.1. The average Bonchev–Trinajstić information content (AvgIpc) is 3.15. The minimum absolute atomic E-state index is 0.107. The maximum Gasteiger partial charge on any atom is 0.179 e. The Bertz CT molecular complexity index is 1070. The Labute approximate surface area is 196 Å². The highest BCUT2D eigenvalue weighted by Crippen LogP contribution is 2.77. The number of methoxy groups -OCH3 is 2. The topological polar surface area (TPSA) is 75.0 Å². The van der Waals surface area contributed by atoms with E-state index in [0.29, 0.717) is 0 Å². The molecule has 0 radical (unpaired) electrons. The smallest absolute Gasteiger partial charge is 0.179 e. The van der Waals surface area contributed by atoms with E-state index in [0.717, 1.165) is 50.1 Å². The first-order chi connectivity index (χ1) is 15.5. The molecule has 7 atom stereocenters. The monoisotopic (exact) mass is 452 g/mol. The fourth-order valence-corrected chi connectivity index (χ4v) is 8.91. The molecule has 3 unspecified atom stereocenters. The summed E-state index contributed by atoms with van der Waals surface area (Å²) in [5, 5.41) is 22.2. The van der Waals surface area contributed by atoms with E-state index in [2.05, 4.69) is 33.0 Å². The van der Waals surface area contributed by atoms with E-state index >= 15 is 0 Å². The van der Waals surface area contributed by atoms with Crippen molar-refractivity contribution >= 4 is 0 Å². The van der Waals surface area contributed by atoms with Crippen LogP contribution < -0.4 is 9.47 Å². The van der Waals surface area contributed by atoms with Gasteiger partial charge in [-0.05, 0) is 56.1 Å². The molecule has 2 spiro atoms. The van der Waals surface area contributed by atoms with E-state index in [1.165, 1.54) is 11.1 Å². The van der Waals surface area contributed by atoms with E-state index in [1.807, 2.05) is 17.9 Å². The number of nitrogens with zero attached hydrogens (tertiary/aromatic N) is 2. The van der Waals surface area contributed by atoms with Gasteiger partial charge in [0.25, 0.3) is 0 Å². The number of fused-ring (bicyclic) bond motifs is 2. The minimum atomic E-state index is -0.966. The second-order valence-electron chi connectivity index (χ2n) is 12.3. The highest BCUT2D eigenvalue weighted by molar-refractivity contribution is 5.63. The average molecular weight is 453 g/mol. The Morgan fingerprint density at radius 1 is 1.18 bits per heavy atom. The van der Waals surface area contributed by atoms with Gasteiger partial charge in [-0.2, -0.15) is 5.26 Å². The lowest BCUT2D eigenvalue weighted by Crippen LogP contribution is -2.83. The zero-order valence-corrected chi connectivity index (χ0v) is 20.7. The van der Waals surface area contributed by atoms with Crippen LogP contribution in [0.4, 0.5) is 0 Å². The third-order valence-electron chi connectivity index (χ3n) is 10.9. The number of hydrogen-bond donors (Lipinski definition) is 1. The molecule has 6 aliphatic rings. The highest BCUT2D eigenvalue weighted by Gasteiger charge is 2.82. The molecule has 2 aliphatic heterocycles. The lowest BCUT2D eigenvalue weighted by Gasteiger charge is -2.75. The van der Waals surface area contributed by atoms with Gasteiger partial charge in [0.15, 0.2) is 17.7 Å². The molecule has 2 heterocycles. The number of piperidine rings is 1. The summed E-state index contributed by atoms with van der Waals surface area (Å²) >= 11 is 0. The summed E-state index contributed by atoms with van der Waals surface area (Å²) in [5.74, 6) is 1.54. The van der Waals surface area contributed by atoms with Gasteiger partial charge in [-0.15, -0.1) is 0 Å². The van der Waals surface area contributed by atoms with Crippen molar-refractivity contribution < 1.29 is 19.3 Å². The van der Waals surface area contributed by atoms with Gasteiger partial charge in [0.05, 0.1) is 12.7 Å². The number of aliphatic hydroxyl groups is 1. The first kappa shape index (κ1) is 21.6. The van der Waals surface area contributed by atoms with Gasteiger partial charge >= 0.3 is 0 Å². The van der Waals surface area contributed by atoms with Crippen LogP contribution in [0.25, 0.3) is 0 Å². The fraction of sp³-hybridized carbons (Fsp3) is 0.741. The number of rotatable bonds is 3. The number of hydrogen-bond acceptors (Lipinski definition) is 6. The van der Waals surface area contributed by atoms with Crippen molar-refractivity contribution in [2.24, 2.45) is 16.7 Å². The third kappa shape index (κ3) is 2.10. The molecular weight excluding hydrogens is 416 g/mol. The summed E-state index contributed by atoms with van der Waals surface area (Å²) in [6, 6.07) is 4.30. The van der Waals surface area contributed by atoms with Gasteiger partial charge in [0.2, 0.25) is 0 Å². The van der Waals surface area contributed by atoms with Gasteiger partial charge in [-0.3, -0.25) is 0 Å². The molecular formula is C27H36N2O4. The van der Waals surface area contributed by atoms with Gasteiger partial charge in [0.1, 0.15) is 11.7 Å². The van der Waals surface area contributed by atoms with E-state index in [-0.39, 0.29) is 34.3 Å². The number of nitriles is 1. The molecule has 4 bridgehead atoms. The molecule has 1 aromatic carbocycles. The summed E-state index contributed by atoms with van der Waals surface area (Å²) in [6.45, 7) is 9.05. The highest BCUT2D eigenvalue weighted by atomic mass is 16.6. The molecule has 3 saturated carbocycles. The van der Waals surface area contributed by atoms with Crippen LogP contribution in [0.1, 0.15) is 64.5 Å². The van der Waals surface area contributed by atoms with Crippen LogP contribution in [0.15, 0.2) is 12.1 Å². The summed E-state index contributed by atoms with van der Waals surface area (Å²) in [4.78, 5) is 2.03. The first-order valence-corrected chi connectivity index (χ1v) is 12.3. The van der Waals surface area contributed by atoms with E-state index in [9.17, 15) is 10.4 Å². The van der Waals surface area contributed by atoms with Crippen LogP contribution in [-0.4, -0.2) is 54.1 Å². The second kappa shape index (κ2) is 6.17. The Hall–Kier alpha value is -1.97. The lowest BCUT2D eigenvalue weighted by molar-refractivity contribution is -0.309. The maximum absolute atomic E-state index is 12.1. The molecule has 1 saturated heterocycles. The molecule has 0 aromatic heterocycles. The standard InChI is InChI=1S/C27H36N2O4/c1-23(2,3)24(4,30)18-14-25-9-10-27(18,32-6)22-26(25)11-12-29(15-28)19(25)13-16-7-8-17(31-5)21(33-22)20(16)26/h7-8,18-19,22,30H,9-14H2,1-6H3/t18-,19?,22?,24?,25-,26+,27-/m1/s1. The van der Waals surface area contributed by atoms with Crippen molar-refractivity contribution in [2.45, 2.75) is 88.6 Å². The van der Waals surface area contributed by atoms with Crippen molar-refractivity contribution in [1.82, 2.24) is 4.90 Å². The zero-order valence-electron chi connectivity index (χ0n) is 20.7. The number of likely N-dealkylation sites (tertiary alicyclic amines) is 1. The molecule has 178 valence electrons. The SMILES string of the molecule is COc1ccc2c3c1OC1[C@@]4(OC)CC[C@@]5(C[C@@H]4C(C)(O)C(C)(C)C)C(C2)N(C#N)CC[C@]315. The van der Waals surface area contributed by atoms with Crippen LogP contribution in [0.2, 0.25) is 0 Å². The zero-order chi connectivity index (χ0) is 23.6. The predicted molar refractivity (Wildman–Crippen MR) is 123 cm³/mol. The molecule has 4 aliphatic carbocycles. The van der Waals surface area contributed by atoms with Crippen LogP contribution in [-0.2, 0) is 16.6 Å². The van der Waals surface area contributed by atoms with Gasteiger partial charge in [0, 0.05) is 42.0 Å². The molecule has 1 N–H and O–H groups in total. The van der Waals surface area contributed by atoms with Crippen molar-refractivity contribution in [3.05, 3.63) is 23.3 Å². The van der Waals surface area contributed by atoms with Crippen LogP contribution in [0.5, 0.6) is 11.5 Å². The van der Waals surface area contributed by atoms with E-state index in [4.69, 9.17) is 14.2 Å². The molecule has 1 aromatic rings. The molecule has 7 rings (SSSR count). The number of benzene rings is 1. The van der Waals surface area contributed by atoms with Gasteiger partial charge in [-0.1, -0.05) is 26.8 Å². The van der Waals surface area contributed by atoms with Crippen molar-refractivity contribution in [2.75, 3.05) is 20.8 Å². The van der Waals surface area contributed by atoms with Crippen molar-refractivity contribution in [3.63, 3.8) is 0 Å². The Kier molecular flexibility index (Phi) is 4.03. The van der Waals surface area contributed by atoms with E-state index in [1.54, 1.807) is 14.2 Å². The summed E-state index contributed by atoms with van der Waals surface area (Å²) < 4.78 is 19.3. The molecule has 33 heavy (non-hydrogen) atoms. The number of ether oxygens (including phenoxy) is 3. The quantitative estimate of drug-likeness (QED) is 0.704. The molecule has 6 heteroatoms. The summed E-state index contributed by atoms with van der Waals surface area (Å²) in [5.41, 5.74) is 0.315. The Morgan fingerprint density at radius 2 is 1.94 bits per heavy atom. The first-order valence-electron chi connectivity index (χ1n) is 12.3. The summed E-state index contributed by atoms with van der Waals surface area (Å²) in [7, 11) is 3.50. The van der Waals surface area contributed by atoms with Crippen molar-refractivity contribution in [3.8, 4) is 17.7 Å². The third-order valence-corrected chi connectivity index (χ3v) is 10.9. The Morgan fingerprint density at radius 3 is 2.58 bits per heavy atom.